The molecule has 0 aromatic rings. The van der Waals surface area contributed by atoms with Crippen LogP contribution in [0.15, 0.2) is 0 Å². The summed E-state index contributed by atoms with van der Waals surface area (Å²) in [6, 6.07) is 0. The second-order valence-electron chi connectivity index (χ2n) is 7.83. The quantitative estimate of drug-likeness (QED) is 0.285. The van der Waals surface area contributed by atoms with Crippen molar-refractivity contribution >= 4 is 17.9 Å². The Hall–Kier alpha value is 1.46. The van der Waals surface area contributed by atoms with Crippen LogP contribution in [-0.2, 0) is 22.4 Å². The third-order valence-corrected chi connectivity index (χ3v) is 15.0. The van der Waals surface area contributed by atoms with Crippen LogP contribution in [0.25, 0.3) is 0 Å². The molecule has 0 aromatic carbocycles. The van der Waals surface area contributed by atoms with Gasteiger partial charge in [-0.15, -0.1) is 0 Å². The summed E-state index contributed by atoms with van der Waals surface area (Å²) in [5, 5.41) is 0. The van der Waals surface area contributed by atoms with E-state index in [2.05, 4.69) is 0 Å². The van der Waals surface area contributed by atoms with Crippen molar-refractivity contribution in [2.45, 2.75) is 113 Å². The molecule has 129 valence electrons. The first-order valence-corrected chi connectivity index (χ1v) is 12.7. The van der Waals surface area contributed by atoms with Crippen molar-refractivity contribution in [3.63, 3.8) is 0 Å². The Morgan fingerprint density at radius 3 is 0.952 bits per heavy atom. The van der Waals surface area contributed by atoms with Crippen molar-refractivity contribution in [1.82, 2.24) is 0 Å². The molecule has 3 heteroatoms. The fourth-order valence-electron chi connectivity index (χ4n) is 5.64. The number of rotatable bonds is 3. The van der Waals surface area contributed by atoms with Crippen molar-refractivity contribution < 1.29 is 22.4 Å². The first-order valence-electron chi connectivity index (χ1n) is 9.50. The molecule has 0 nitrogen and oxygen atoms in total. The molecule has 3 saturated carbocycles. The van der Waals surface area contributed by atoms with E-state index in [9.17, 15) is 0 Å². The average Bonchev–Trinajstić information content (AvgIpc) is 2.56. The SMILES string of the molecule is Cl[PH](C1CCCCC1)(C1CCCCC1)C1CCCCC1.[Au]. The van der Waals surface area contributed by atoms with Crippen molar-refractivity contribution in [2.75, 3.05) is 0 Å². The molecule has 0 aliphatic heterocycles. The van der Waals surface area contributed by atoms with Crippen LogP contribution >= 0.6 is 17.9 Å². The molecule has 0 aromatic heterocycles. The fraction of sp³-hybridized carbons (Fsp3) is 1.00. The summed E-state index contributed by atoms with van der Waals surface area (Å²) in [6.45, 7) is -1.57. The molecule has 0 spiro atoms. The molecule has 0 heterocycles. The predicted octanol–water partition coefficient (Wildman–Crippen LogP) is 6.89. The van der Waals surface area contributed by atoms with Crippen LogP contribution in [0.2, 0.25) is 0 Å². The second-order valence-corrected chi connectivity index (χ2v) is 13.9. The van der Waals surface area contributed by atoms with E-state index >= 15 is 0 Å². The van der Waals surface area contributed by atoms with Gasteiger partial charge in [0.25, 0.3) is 0 Å². The Morgan fingerprint density at radius 2 is 0.714 bits per heavy atom. The topological polar surface area (TPSA) is 0 Å². The van der Waals surface area contributed by atoms with Crippen molar-refractivity contribution in [2.24, 2.45) is 0 Å². The average molecular weight is 514 g/mol. The Morgan fingerprint density at radius 1 is 0.476 bits per heavy atom. The van der Waals surface area contributed by atoms with E-state index in [0.717, 1.165) is 17.0 Å². The molecule has 3 aliphatic carbocycles. The monoisotopic (exact) mass is 513 g/mol. The molecule has 0 N–H and O–H groups in total. The minimum Gasteiger partial charge on any atom is 0 e. The molecule has 1 radical (unpaired) electrons. The number of halogens is 1. The largest absolute Gasteiger partial charge is 0 e. The van der Waals surface area contributed by atoms with Crippen molar-refractivity contribution in [3.05, 3.63) is 0 Å². The zero-order chi connectivity index (χ0) is 13.8. The fourth-order valence-corrected chi connectivity index (χ4v) is 13.5. The summed E-state index contributed by atoms with van der Waals surface area (Å²) in [6.07, 6.45) is 22.2. The van der Waals surface area contributed by atoms with E-state index in [1.54, 1.807) is 0 Å². The van der Waals surface area contributed by atoms with Gasteiger partial charge in [-0.25, -0.2) is 0 Å². The van der Waals surface area contributed by atoms with Crippen molar-refractivity contribution in [3.8, 4) is 0 Å². The Balaban J connectivity index is 0.00000161. The minimum absolute atomic E-state index is 0. The van der Waals surface area contributed by atoms with E-state index in [4.69, 9.17) is 11.2 Å². The first-order chi connectivity index (χ1) is 9.82. The molecule has 0 atom stereocenters. The normalized spacial score (nSPS) is 28.0. The molecule has 3 rings (SSSR count). The van der Waals surface area contributed by atoms with E-state index in [1.165, 1.54) is 96.3 Å². The Kier molecular flexibility index (Phi) is 8.12. The molecule has 3 aliphatic rings. The maximum absolute atomic E-state index is 7.71. The van der Waals surface area contributed by atoms with Gasteiger partial charge in [0.1, 0.15) is 0 Å². The van der Waals surface area contributed by atoms with Crippen LogP contribution < -0.4 is 0 Å². The summed E-state index contributed by atoms with van der Waals surface area (Å²) < 4.78 is 0. The molecule has 3 fully saturated rings. The van der Waals surface area contributed by atoms with Gasteiger partial charge in [0.15, 0.2) is 0 Å². The summed E-state index contributed by atoms with van der Waals surface area (Å²) in [7, 11) is 0. The molecule has 0 unspecified atom stereocenters. The third kappa shape index (κ3) is 4.30. The van der Waals surface area contributed by atoms with E-state index in [1.807, 2.05) is 0 Å². The van der Waals surface area contributed by atoms with Gasteiger partial charge in [-0.05, 0) is 0 Å². The number of hydrogen-bond acceptors (Lipinski definition) is 0. The Bertz CT molecular complexity index is 246. The van der Waals surface area contributed by atoms with Gasteiger partial charge >= 0.3 is 131 Å². The van der Waals surface area contributed by atoms with Crippen LogP contribution in [0.1, 0.15) is 96.3 Å². The first kappa shape index (κ1) is 18.8. The van der Waals surface area contributed by atoms with Gasteiger partial charge in [-0.1, -0.05) is 0 Å². The molecule has 21 heavy (non-hydrogen) atoms. The van der Waals surface area contributed by atoms with Crippen LogP contribution in [0, 0.1) is 0 Å². The molecule has 0 amide bonds. The third-order valence-electron chi connectivity index (χ3n) is 6.69. The van der Waals surface area contributed by atoms with Gasteiger partial charge in [-0.2, -0.15) is 0 Å². The van der Waals surface area contributed by atoms with Crippen LogP contribution in [-0.4, -0.2) is 17.0 Å². The summed E-state index contributed by atoms with van der Waals surface area (Å²) in [5.41, 5.74) is 2.93. The molecule has 0 bridgehead atoms. The van der Waals surface area contributed by atoms with Crippen molar-refractivity contribution in [1.29, 1.82) is 0 Å². The van der Waals surface area contributed by atoms with Gasteiger partial charge < -0.3 is 0 Å². The summed E-state index contributed by atoms with van der Waals surface area (Å²) in [5.74, 6) is 0. The summed E-state index contributed by atoms with van der Waals surface area (Å²) in [4.78, 5) is 0. The van der Waals surface area contributed by atoms with E-state index < -0.39 is 6.62 Å². The van der Waals surface area contributed by atoms with Crippen LogP contribution in [0.4, 0.5) is 0 Å². The Labute approximate surface area is 153 Å². The van der Waals surface area contributed by atoms with Gasteiger partial charge in [0.05, 0.1) is 0 Å². The summed E-state index contributed by atoms with van der Waals surface area (Å²) >= 11 is 7.71. The predicted molar refractivity (Wildman–Crippen MR) is 94.8 cm³/mol. The minimum atomic E-state index is -1.57. The smallest absolute Gasteiger partial charge is 0 e. The second kappa shape index (κ2) is 9.08. The maximum Gasteiger partial charge on any atom is 0 e. The van der Waals surface area contributed by atoms with Crippen LogP contribution in [0.3, 0.4) is 0 Å². The van der Waals surface area contributed by atoms with Gasteiger partial charge in [0, 0.05) is 22.4 Å². The van der Waals surface area contributed by atoms with Crippen LogP contribution in [0.5, 0.6) is 0 Å². The van der Waals surface area contributed by atoms with Gasteiger partial charge in [0.2, 0.25) is 0 Å². The molecule has 0 saturated heterocycles. The molecular formula is C18H34AuClP. The van der Waals surface area contributed by atoms with E-state index in [-0.39, 0.29) is 22.4 Å². The standard InChI is InChI=1S/C18H34ClP.Au/c19-20(16-10-4-1-5-11-16,17-12-6-2-7-13-17)18-14-8-3-9-15-18;/h16-18,20H,1-15H2;. The van der Waals surface area contributed by atoms with E-state index in [0.29, 0.717) is 0 Å². The zero-order valence-electron chi connectivity index (χ0n) is 13.5. The molecular weight excluding hydrogens is 480 g/mol. The number of hydrogen-bond donors (Lipinski definition) is 0. The zero-order valence-corrected chi connectivity index (χ0v) is 17.4. The van der Waals surface area contributed by atoms with Gasteiger partial charge in [-0.3, -0.25) is 0 Å². The maximum atomic E-state index is 7.71.